The Morgan fingerprint density at radius 2 is 1.89 bits per heavy atom. The van der Waals surface area contributed by atoms with Crippen LogP contribution < -0.4 is 4.74 Å². The lowest BCUT2D eigenvalue weighted by Gasteiger charge is -2.20. The van der Waals surface area contributed by atoms with Crippen molar-refractivity contribution in [2.45, 2.75) is 38.1 Å². The normalized spacial score (nSPS) is 11.9. The zero-order valence-corrected chi connectivity index (χ0v) is 18.0. The number of oxime groups is 1. The molecule has 28 heavy (non-hydrogen) atoms. The van der Waals surface area contributed by atoms with Gasteiger partial charge in [0.25, 0.3) is 0 Å². The van der Waals surface area contributed by atoms with Crippen LogP contribution in [0.3, 0.4) is 0 Å². The average molecular weight is 404 g/mol. The Balaban J connectivity index is 2.63. The first kappa shape index (κ1) is 21.7. The number of hydrogen-bond acceptors (Lipinski definition) is 8. The molecular weight excluding hydrogens is 378 g/mol. The van der Waals surface area contributed by atoms with Crippen LogP contribution in [-0.4, -0.2) is 42.1 Å². The van der Waals surface area contributed by atoms with Crippen LogP contribution >= 0.6 is 11.8 Å². The summed E-state index contributed by atoms with van der Waals surface area (Å²) in [6, 6.07) is 7.74. The van der Waals surface area contributed by atoms with Crippen LogP contribution in [0.2, 0.25) is 0 Å². The number of aryl methyl sites for hydroxylation is 1. The van der Waals surface area contributed by atoms with E-state index in [9.17, 15) is 4.79 Å². The summed E-state index contributed by atoms with van der Waals surface area (Å²) in [5.74, 6) is 0.652. The van der Waals surface area contributed by atoms with Crippen molar-refractivity contribution >= 4 is 23.4 Å². The van der Waals surface area contributed by atoms with E-state index in [1.165, 1.54) is 26.0 Å². The third kappa shape index (κ3) is 5.01. The Morgan fingerprint density at radius 1 is 1.18 bits per heavy atom. The lowest BCUT2D eigenvalue weighted by molar-refractivity contribution is -0.132. The summed E-state index contributed by atoms with van der Waals surface area (Å²) in [5, 5.41) is 4.37. The molecule has 1 aromatic carbocycles. The van der Waals surface area contributed by atoms with Gasteiger partial charge in [0.15, 0.2) is 0 Å². The van der Waals surface area contributed by atoms with Crippen molar-refractivity contribution < 1.29 is 19.1 Å². The average Bonchev–Trinajstić information content (AvgIpc) is 2.65. The van der Waals surface area contributed by atoms with E-state index in [4.69, 9.17) is 14.3 Å². The smallest absolute Gasteiger partial charge is 0.361 e. The number of methoxy groups -OCH3 is 1. The number of ether oxygens (including phenoxy) is 2. The second-order valence-electron chi connectivity index (χ2n) is 6.95. The van der Waals surface area contributed by atoms with E-state index in [0.717, 1.165) is 5.56 Å². The van der Waals surface area contributed by atoms with E-state index in [1.807, 2.05) is 30.5 Å². The highest BCUT2D eigenvalue weighted by molar-refractivity contribution is 7.98. The highest BCUT2D eigenvalue weighted by Crippen LogP contribution is 2.32. The van der Waals surface area contributed by atoms with Crippen LogP contribution in [-0.2, 0) is 19.8 Å². The summed E-state index contributed by atoms with van der Waals surface area (Å²) in [4.78, 5) is 25.9. The molecule has 0 unspecified atom stereocenters. The highest BCUT2D eigenvalue weighted by atomic mass is 32.2. The fourth-order valence-corrected chi connectivity index (χ4v) is 3.07. The molecule has 0 radical (unpaired) electrons. The topological polar surface area (TPSA) is 82.9 Å². The fourth-order valence-electron chi connectivity index (χ4n) is 2.46. The first-order chi connectivity index (χ1) is 13.2. The van der Waals surface area contributed by atoms with E-state index < -0.39 is 5.97 Å². The van der Waals surface area contributed by atoms with E-state index in [0.29, 0.717) is 22.2 Å². The van der Waals surface area contributed by atoms with Crippen molar-refractivity contribution in [1.29, 1.82) is 0 Å². The van der Waals surface area contributed by atoms with Gasteiger partial charge >= 0.3 is 5.97 Å². The molecule has 0 aliphatic heterocycles. The Hall–Kier alpha value is -2.61. The molecule has 1 aromatic heterocycles. The van der Waals surface area contributed by atoms with Crippen LogP contribution in [0.5, 0.6) is 11.6 Å². The van der Waals surface area contributed by atoms with E-state index >= 15 is 0 Å². The molecule has 150 valence electrons. The molecule has 0 bridgehead atoms. The number of thioether (sulfide) groups is 1. The first-order valence-corrected chi connectivity index (χ1v) is 9.84. The zero-order chi connectivity index (χ0) is 20.9. The quantitative estimate of drug-likeness (QED) is 0.236. The van der Waals surface area contributed by atoms with Crippen molar-refractivity contribution in [2.75, 3.05) is 20.5 Å². The minimum Gasteiger partial charge on any atom is -0.464 e. The first-order valence-electron chi connectivity index (χ1n) is 8.62. The standard InChI is InChI=1S/C20H25N3O4S/c1-12-21-17(27-14-10-8-9-13(11-14)20(2,3)4)15(18(22-12)28-7)16(23-26-6)19(24)25-5/h8-11H,1-7H3. The molecule has 7 nitrogen and oxygen atoms in total. The maximum absolute atomic E-state index is 12.3. The minimum absolute atomic E-state index is 0.0388. The molecule has 0 saturated heterocycles. The van der Waals surface area contributed by atoms with Gasteiger partial charge in [-0.05, 0) is 36.3 Å². The lowest BCUT2D eigenvalue weighted by Crippen LogP contribution is -2.21. The summed E-state index contributed by atoms with van der Waals surface area (Å²) in [7, 11) is 2.62. The van der Waals surface area contributed by atoms with Crippen molar-refractivity contribution in [3.63, 3.8) is 0 Å². The van der Waals surface area contributed by atoms with Crippen molar-refractivity contribution in [1.82, 2.24) is 9.97 Å². The van der Waals surface area contributed by atoms with Gasteiger partial charge in [0.1, 0.15) is 29.3 Å². The molecule has 1 heterocycles. The number of hydrogen-bond donors (Lipinski definition) is 0. The van der Waals surface area contributed by atoms with Crippen molar-refractivity contribution in [3.8, 4) is 11.6 Å². The second kappa shape index (κ2) is 9.05. The van der Waals surface area contributed by atoms with Crippen molar-refractivity contribution in [3.05, 3.63) is 41.2 Å². The van der Waals surface area contributed by atoms with E-state index in [-0.39, 0.29) is 17.0 Å². The van der Waals surface area contributed by atoms with Crippen LogP contribution in [0.25, 0.3) is 0 Å². The molecule has 2 aromatic rings. The third-order valence-corrected chi connectivity index (χ3v) is 4.54. The fraction of sp³-hybridized carbons (Fsp3) is 0.400. The number of rotatable bonds is 6. The van der Waals surface area contributed by atoms with Gasteiger partial charge in [-0.15, -0.1) is 11.8 Å². The molecule has 0 aliphatic rings. The van der Waals surface area contributed by atoms with Gasteiger partial charge < -0.3 is 14.3 Å². The van der Waals surface area contributed by atoms with Gasteiger partial charge in [-0.2, -0.15) is 4.98 Å². The number of carbonyl (C=O) groups is 1. The van der Waals surface area contributed by atoms with Crippen molar-refractivity contribution in [2.24, 2.45) is 5.16 Å². The third-order valence-electron chi connectivity index (χ3n) is 3.86. The van der Waals surface area contributed by atoms with Gasteiger partial charge in [0, 0.05) is 0 Å². The Labute approximate surface area is 169 Å². The van der Waals surface area contributed by atoms with Gasteiger partial charge in [0.05, 0.1) is 7.11 Å². The maximum atomic E-state index is 12.3. The van der Waals surface area contributed by atoms with E-state index in [2.05, 4.69) is 35.9 Å². The van der Waals surface area contributed by atoms with Gasteiger partial charge in [-0.3, -0.25) is 0 Å². The predicted molar refractivity (Wildman–Crippen MR) is 109 cm³/mol. The highest BCUT2D eigenvalue weighted by Gasteiger charge is 2.27. The number of nitrogens with zero attached hydrogens (tertiary/aromatic N) is 3. The summed E-state index contributed by atoms with van der Waals surface area (Å²) in [6.07, 6.45) is 1.84. The number of aromatic nitrogens is 2. The molecule has 0 spiro atoms. The number of carbonyl (C=O) groups excluding carboxylic acids is 1. The maximum Gasteiger partial charge on any atom is 0.361 e. The molecule has 8 heteroatoms. The summed E-state index contributed by atoms with van der Waals surface area (Å²) < 4.78 is 10.9. The van der Waals surface area contributed by atoms with E-state index in [1.54, 1.807) is 6.92 Å². The SMILES string of the molecule is CON=C(C(=O)OC)c1c(Oc2cccc(C(C)(C)C)c2)nc(C)nc1SC. The monoisotopic (exact) mass is 403 g/mol. The molecule has 0 saturated carbocycles. The Bertz CT molecular complexity index is 892. The minimum atomic E-state index is -0.669. The molecule has 2 rings (SSSR count). The van der Waals surface area contributed by atoms with Crippen LogP contribution in [0.15, 0.2) is 34.4 Å². The Kier molecular flexibility index (Phi) is 7.01. The largest absolute Gasteiger partial charge is 0.464 e. The summed E-state index contributed by atoms with van der Waals surface area (Å²) >= 11 is 1.35. The van der Waals surface area contributed by atoms with Crippen LogP contribution in [0.1, 0.15) is 37.7 Å². The predicted octanol–water partition coefficient (Wildman–Crippen LogP) is 4.12. The Morgan fingerprint density at radius 3 is 2.46 bits per heavy atom. The lowest BCUT2D eigenvalue weighted by atomic mass is 9.87. The molecular formula is C20H25N3O4S. The molecule has 0 atom stereocenters. The van der Waals surface area contributed by atoms with Gasteiger partial charge in [0.2, 0.25) is 11.6 Å². The zero-order valence-electron chi connectivity index (χ0n) is 17.2. The number of benzene rings is 1. The second-order valence-corrected chi connectivity index (χ2v) is 7.75. The summed E-state index contributed by atoms with van der Waals surface area (Å²) in [5.41, 5.74) is 1.34. The van der Waals surface area contributed by atoms with Gasteiger partial charge in [-0.1, -0.05) is 38.1 Å². The molecule has 0 amide bonds. The number of esters is 1. The van der Waals surface area contributed by atoms with Crippen LogP contribution in [0, 0.1) is 6.92 Å². The molecule has 0 N–H and O–H groups in total. The summed E-state index contributed by atoms with van der Waals surface area (Å²) in [6.45, 7) is 8.13. The molecule has 0 aliphatic carbocycles. The molecule has 0 fully saturated rings. The van der Waals surface area contributed by atoms with Gasteiger partial charge in [-0.25, -0.2) is 9.78 Å². The van der Waals surface area contributed by atoms with Crippen LogP contribution in [0.4, 0.5) is 0 Å².